The van der Waals surface area contributed by atoms with E-state index in [9.17, 15) is 4.39 Å². The van der Waals surface area contributed by atoms with E-state index >= 15 is 4.39 Å². The Labute approximate surface area is 265 Å². The molecular weight excluding hydrogens is 586 g/mol. The van der Waals surface area contributed by atoms with Gasteiger partial charge in [0.25, 0.3) is 0 Å². The number of ether oxygens (including phenoxy) is 2. The van der Waals surface area contributed by atoms with Gasteiger partial charge in [-0.25, -0.2) is 13.8 Å². The molecule has 6 aliphatic rings. The molecular formula is C36H34F2N6O2. The Morgan fingerprint density at radius 1 is 1.13 bits per heavy atom. The summed E-state index contributed by atoms with van der Waals surface area (Å²) in [6.45, 7) is 5.48. The third-order valence-electron chi connectivity index (χ3n) is 11.8. The van der Waals surface area contributed by atoms with Crippen LogP contribution in [0.5, 0.6) is 11.9 Å². The fourth-order valence-electron chi connectivity index (χ4n) is 9.73. The van der Waals surface area contributed by atoms with Crippen LogP contribution in [0.1, 0.15) is 44.6 Å². The normalized spacial score (nSPS) is 32.1. The molecule has 10 rings (SSSR count). The molecule has 234 valence electrons. The predicted molar refractivity (Wildman–Crippen MR) is 170 cm³/mol. The Morgan fingerprint density at radius 2 is 2.04 bits per heavy atom. The zero-order valence-electron chi connectivity index (χ0n) is 25.6. The molecule has 1 aliphatic carbocycles. The summed E-state index contributed by atoms with van der Waals surface area (Å²) in [7, 11) is 0. The maximum Gasteiger partial charge on any atom is 0.319 e. The molecule has 8 nitrogen and oxygen atoms in total. The lowest BCUT2D eigenvalue weighted by Gasteiger charge is -2.42. The predicted octanol–water partition coefficient (Wildman–Crippen LogP) is 5.06. The number of hydrogen-bond donors (Lipinski definition) is 1. The number of fused-ring (bicyclic) bond motifs is 9. The number of benzene rings is 2. The topological polar surface area (TPSA) is 75.6 Å². The molecule has 1 saturated carbocycles. The van der Waals surface area contributed by atoms with Crippen molar-refractivity contribution in [3.63, 3.8) is 0 Å². The molecule has 46 heavy (non-hydrogen) atoms. The number of terminal acetylenes is 1. The molecule has 0 spiro atoms. The van der Waals surface area contributed by atoms with Crippen molar-refractivity contribution in [1.82, 2.24) is 25.2 Å². The van der Waals surface area contributed by atoms with Crippen LogP contribution in [0.15, 0.2) is 30.3 Å². The summed E-state index contributed by atoms with van der Waals surface area (Å²) in [4.78, 5) is 19.5. The number of piperazine rings is 1. The van der Waals surface area contributed by atoms with E-state index in [0.29, 0.717) is 46.1 Å². The lowest BCUT2D eigenvalue weighted by Crippen LogP contribution is -2.62. The van der Waals surface area contributed by atoms with Crippen LogP contribution >= 0.6 is 0 Å². The van der Waals surface area contributed by atoms with Crippen molar-refractivity contribution in [2.45, 2.75) is 68.8 Å². The Kier molecular flexibility index (Phi) is 5.59. The summed E-state index contributed by atoms with van der Waals surface area (Å²) in [6, 6.07) is 8.98. The summed E-state index contributed by atoms with van der Waals surface area (Å²) in [6.07, 6.45) is 11.1. The number of rotatable bonds is 4. The van der Waals surface area contributed by atoms with E-state index in [2.05, 4.69) is 21.0 Å². The summed E-state index contributed by atoms with van der Waals surface area (Å²) in [5.41, 5.74) is 0.558. The van der Waals surface area contributed by atoms with E-state index in [1.54, 1.807) is 18.2 Å². The molecule has 7 heterocycles. The molecule has 5 fully saturated rings. The Hall–Kier alpha value is -4.07. The average molecular weight is 621 g/mol. The molecule has 4 saturated heterocycles. The minimum Gasteiger partial charge on any atom is -0.472 e. The quantitative estimate of drug-likeness (QED) is 0.318. The average Bonchev–Trinajstić information content (AvgIpc) is 3.44. The van der Waals surface area contributed by atoms with Crippen molar-refractivity contribution in [3.8, 4) is 35.5 Å². The van der Waals surface area contributed by atoms with E-state index < -0.39 is 11.6 Å². The number of halogens is 2. The molecule has 4 unspecified atom stereocenters. The second-order valence-corrected chi connectivity index (χ2v) is 14.2. The van der Waals surface area contributed by atoms with E-state index in [1.807, 2.05) is 13.0 Å². The third-order valence-corrected chi connectivity index (χ3v) is 11.8. The van der Waals surface area contributed by atoms with Crippen molar-refractivity contribution in [2.24, 2.45) is 11.8 Å². The van der Waals surface area contributed by atoms with Gasteiger partial charge in [-0.2, -0.15) is 9.97 Å². The number of hydrogen-bond acceptors (Lipinski definition) is 8. The summed E-state index contributed by atoms with van der Waals surface area (Å²) < 4.78 is 45.2. The van der Waals surface area contributed by atoms with Crippen molar-refractivity contribution < 1.29 is 18.3 Å². The number of aromatic nitrogens is 3. The van der Waals surface area contributed by atoms with Gasteiger partial charge in [0, 0.05) is 36.1 Å². The summed E-state index contributed by atoms with van der Waals surface area (Å²) >= 11 is 0. The SMILES string of the molecule is C#Cc1c(F)ccc2cccc(-c3nc4c5c(nc(OC[C@]67CCCN6C[C@H]6C[C@H]67)nc5c3F)N3CC5CCC(N5)C3C(C)O4)c12. The van der Waals surface area contributed by atoms with Gasteiger partial charge in [-0.1, -0.05) is 30.2 Å². The molecule has 0 amide bonds. The van der Waals surface area contributed by atoms with Gasteiger partial charge < -0.3 is 19.7 Å². The van der Waals surface area contributed by atoms with Gasteiger partial charge in [0.2, 0.25) is 5.88 Å². The van der Waals surface area contributed by atoms with E-state index in [1.165, 1.54) is 12.5 Å². The molecule has 1 N–H and O–H groups in total. The highest BCUT2D eigenvalue weighted by atomic mass is 19.1. The third kappa shape index (κ3) is 3.64. The lowest BCUT2D eigenvalue weighted by atomic mass is 9.92. The van der Waals surface area contributed by atoms with Crippen LogP contribution in [0.25, 0.3) is 32.9 Å². The maximum absolute atomic E-state index is 17.1. The van der Waals surface area contributed by atoms with Gasteiger partial charge in [0.05, 0.1) is 17.1 Å². The van der Waals surface area contributed by atoms with Gasteiger partial charge in [0.15, 0.2) is 5.82 Å². The summed E-state index contributed by atoms with van der Waals surface area (Å²) in [5.74, 6) is 3.57. The van der Waals surface area contributed by atoms with Crippen LogP contribution in [0, 0.1) is 35.8 Å². The first-order chi connectivity index (χ1) is 22.4. The highest BCUT2D eigenvalue weighted by molar-refractivity contribution is 6.03. The zero-order chi connectivity index (χ0) is 30.9. The monoisotopic (exact) mass is 620 g/mol. The van der Waals surface area contributed by atoms with Crippen LogP contribution < -0.4 is 19.7 Å². The minimum absolute atomic E-state index is 0.00898. The van der Waals surface area contributed by atoms with Gasteiger partial charge in [-0.3, -0.25) is 4.90 Å². The van der Waals surface area contributed by atoms with Crippen molar-refractivity contribution in [3.05, 3.63) is 47.5 Å². The molecule has 0 radical (unpaired) electrons. The van der Waals surface area contributed by atoms with E-state index in [4.69, 9.17) is 30.8 Å². The van der Waals surface area contributed by atoms with Gasteiger partial charge in [-0.15, -0.1) is 6.42 Å². The number of nitrogens with one attached hydrogen (secondary N) is 1. The second kappa shape index (κ2) is 9.49. The van der Waals surface area contributed by atoms with Gasteiger partial charge in [-0.05, 0) is 68.9 Å². The first-order valence-corrected chi connectivity index (χ1v) is 16.6. The number of piperidine rings is 1. The van der Waals surface area contributed by atoms with Crippen LogP contribution in [-0.2, 0) is 0 Å². The highest BCUT2D eigenvalue weighted by Crippen LogP contribution is 2.59. The van der Waals surface area contributed by atoms with Crippen molar-refractivity contribution in [2.75, 3.05) is 31.1 Å². The number of anilines is 1. The van der Waals surface area contributed by atoms with Crippen molar-refractivity contribution in [1.29, 1.82) is 0 Å². The minimum atomic E-state index is -0.636. The molecule has 2 aromatic heterocycles. The first kappa shape index (κ1) is 27.1. The Bertz CT molecular complexity index is 2010. The van der Waals surface area contributed by atoms with E-state index in [0.717, 1.165) is 51.2 Å². The highest BCUT2D eigenvalue weighted by Gasteiger charge is 2.64. The second-order valence-electron chi connectivity index (χ2n) is 14.2. The maximum atomic E-state index is 17.1. The number of nitrogens with zero attached hydrogens (tertiary/aromatic N) is 5. The first-order valence-electron chi connectivity index (χ1n) is 16.6. The molecule has 5 aliphatic heterocycles. The standard InChI is InChI=1S/C36H34F2N6O2/c1-3-22-25(37)10-8-19-6-4-7-23(27(19)22)30-29(38)31-28-33(44-16-21-9-11-26(39-21)32(44)18(2)46-34(28)40-30)42-35(41-31)45-17-36-12-5-13-43(36)15-20-14-24(20)36/h1,4,6-8,10,18,20-21,24,26,32,39H,5,9,11-17H2,2H3/t18?,20-,21?,24-,26?,32?,36+/m1/s1. The van der Waals surface area contributed by atoms with Crippen molar-refractivity contribution >= 4 is 27.5 Å². The van der Waals surface area contributed by atoms with Crippen LogP contribution in [0.3, 0.4) is 0 Å². The summed E-state index contributed by atoms with van der Waals surface area (Å²) in [5, 5.41) is 5.31. The molecule has 10 heteroatoms. The lowest BCUT2D eigenvalue weighted by molar-refractivity contribution is 0.0829. The fourth-order valence-corrected chi connectivity index (χ4v) is 9.73. The van der Waals surface area contributed by atoms with Crippen LogP contribution in [-0.4, -0.2) is 75.9 Å². The fraction of sp³-hybridized carbons (Fsp3) is 0.472. The van der Waals surface area contributed by atoms with Crippen LogP contribution in [0.4, 0.5) is 14.6 Å². The smallest absolute Gasteiger partial charge is 0.319 e. The molecule has 7 atom stereocenters. The number of pyridine rings is 1. The molecule has 4 aromatic rings. The molecule has 2 bridgehead atoms. The Balaban J connectivity index is 1.18. The largest absolute Gasteiger partial charge is 0.472 e. The zero-order valence-corrected chi connectivity index (χ0v) is 25.6. The Morgan fingerprint density at radius 3 is 2.93 bits per heavy atom. The van der Waals surface area contributed by atoms with E-state index in [-0.39, 0.29) is 52.4 Å². The van der Waals surface area contributed by atoms with Crippen LogP contribution in [0.2, 0.25) is 0 Å². The van der Waals surface area contributed by atoms with Gasteiger partial charge in [0.1, 0.15) is 40.9 Å². The van der Waals surface area contributed by atoms with Gasteiger partial charge >= 0.3 is 6.01 Å². The molecule has 2 aromatic carbocycles.